The normalized spacial score (nSPS) is 10.1. The summed E-state index contributed by atoms with van der Waals surface area (Å²) in [6.07, 6.45) is 0. The zero-order chi connectivity index (χ0) is 11.4. The predicted molar refractivity (Wildman–Crippen MR) is 56.6 cm³/mol. The van der Waals surface area contributed by atoms with E-state index in [2.05, 4.69) is 4.74 Å². The zero-order valence-electron chi connectivity index (χ0n) is 8.84. The highest BCUT2D eigenvalue weighted by Crippen LogP contribution is 2.18. The molecule has 15 heavy (non-hydrogen) atoms. The summed E-state index contributed by atoms with van der Waals surface area (Å²) >= 11 is 0. The van der Waals surface area contributed by atoms with Crippen LogP contribution in [0, 0.1) is 13.8 Å². The highest BCUT2D eigenvalue weighted by atomic mass is 19.1. The molecule has 0 aliphatic rings. The number of nitrogens with two attached hydrogens (primary N) is 1. The van der Waals surface area contributed by atoms with Crippen molar-refractivity contribution < 1.29 is 13.9 Å². The third kappa shape index (κ3) is 2.68. The van der Waals surface area contributed by atoms with E-state index in [1.54, 1.807) is 19.1 Å². The van der Waals surface area contributed by atoms with E-state index in [0.717, 1.165) is 11.1 Å². The second kappa shape index (κ2) is 4.77. The number of ether oxygens (including phenoxy) is 1. The Bertz CT molecular complexity index is 377. The molecular formula is C11H14FNO2. The van der Waals surface area contributed by atoms with Crippen LogP contribution < -0.4 is 5.73 Å². The lowest BCUT2D eigenvalue weighted by molar-refractivity contribution is 0.0480. The van der Waals surface area contributed by atoms with Crippen LogP contribution in [0.2, 0.25) is 0 Å². The summed E-state index contributed by atoms with van der Waals surface area (Å²) in [5, 5.41) is 0. The monoisotopic (exact) mass is 211 g/mol. The van der Waals surface area contributed by atoms with Crippen LogP contribution >= 0.6 is 0 Å². The summed E-state index contributed by atoms with van der Waals surface area (Å²) in [6.45, 7) is 2.76. The third-order valence-electron chi connectivity index (χ3n) is 2.14. The average molecular weight is 211 g/mol. The van der Waals surface area contributed by atoms with Crippen LogP contribution in [0.5, 0.6) is 0 Å². The Kier molecular flexibility index (Phi) is 3.66. The maximum atomic E-state index is 11.8. The summed E-state index contributed by atoms with van der Waals surface area (Å²) in [7, 11) is 0. The van der Waals surface area contributed by atoms with Gasteiger partial charge in [0, 0.05) is 5.69 Å². The Labute approximate surface area is 88.0 Å². The zero-order valence-corrected chi connectivity index (χ0v) is 8.84. The molecule has 1 aromatic carbocycles. The minimum absolute atomic E-state index is 0.216. The van der Waals surface area contributed by atoms with Crippen molar-refractivity contribution >= 4 is 11.7 Å². The molecule has 2 N–H and O–H groups in total. The summed E-state index contributed by atoms with van der Waals surface area (Å²) in [5.74, 6) is -0.531. The fourth-order valence-electron chi connectivity index (χ4n) is 1.30. The van der Waals surface area contributed by atoms with E-state index in [4.69, 9.17) is 5.73 Å². The van der Waals surface area contributed by atoms with Crippen LogP contribution in [0.1, 0.15) is 21.5 Å². The summed E-state index contributed by atoms with van der Waals surface area (Å²) in [4.78, 5) is 11.4. The topological polar surface area (TPSA) is 52.3 Å². The second-order valence-electron chi connectivity index (χ2n) is 3.35. The fraction of sp³-hybridized carbons (Fsp3) is 0.364. The van der Waals surface area contributed by atoms with Crippen molar-refractivity contribution in [2.75, 3.05) is 19.0 Å². The first-order valence-corrected chi connectivity index (χ1v) is 4.66. The van der Waals surface area contributed by atoms with Gasteiger partial charge in [0.05, 0.1) is 5.56 Å². The van der Waals surface area contributed by atoms with Gasteiger partial charge in [-0.05, 0) is 31.0 Å². The predicted octanol–water partition coefficient (Wildman–Crippen LogP) is 2.01. The quantitative estimate of drug-likeness (QED) is 0.614. The first kappa shape index (κ1) is 11.5. The molecule has 0 bridgehead atoms. The molecule has 0 saturated carbocycles. The molecule has 0 aliphatic carbocycles. The molecule has 1 rings (SSSR count). The Morgan fingerprint density at radius 3 is 2.67 bits per heavy atom. The Morgan fingerprint density at radius 2 is 2.07 bits per heavy atom. The van der Waals surface area contributed by atoms with Crippen molar-refractivity contribution in [2.45, 2.75) is 13.8 Å². The number of hydrogen-bond donors (Lipinski definition) is 1. The van der Waals surface area contributed by atoms with E-state index < -0.39 is 12.6 Å². The molecule has 0 radical (unpaired) electrons. The van der Waals surface area contributed by atoms with Gasteiger partial charge in [0.2, 0.25) is 0 Å². The van der Waals surface area contributed by atoms with Gasteiger partial charge in [-0.15, -0.1) is 0 Å². The maximum absolute atomic E-state index is 11.8. The van der Waals surface area contributed by atoms with E-state index in [0.29, 0.717) is 11.3 Å². The highest BCUT2D eigenvalue weighted by Gasteiger charge is 2.11. The van der Waals surface area contributed by atoms with Crippen molar-refractivity contribution in [3.8, 4) is 0 Å². The Morgan fingerprint density at radius 1 is 1.40 bits per heavy atom. The number of carbonyl (C=O) groups is 1. The molecule has 0 unspecified atom stereocenters. The number of carbonyl (C=O) groups excluding carboxylic acids is 1. The number of rotatable bonds is 3. The van der Waals surface area contributed by atoms with Crippen LogP contribution in [-0.2, 0) is 4.74 Å². The highest BCUT2D eigenvalue weighted by molar-refractivity contribution is 5.92. The Hall–Kier alpha value is -1.58. The summed E-state index contributed by atoms with van der Waals surface area (Å²) in [5.41, 5.74) is 8.30. The van der Waals surface area contributed by atoms with Crippen molar-refractivity contribution in [3.63, 3.8) is 0 Å². The largest absolute Gasteiger partial charge is 0.459 e. The molecule has 0 amide bonds. The van der Waals surface area contributed by atoms with E-state index >= 15 is 0 Å². The molecule has 82 valence electrons. The molecule has 0 aromatic heterocycles. The minimum Gasteiger partial charge on any atom is -0.459 e. The molecule has 0 heterocycles. The van der Waals surface area contributed by atoms with Crippen LogP contribution in [0.4, 0.5) is 10.1 Å². The molecule has 0 spiro atoms. The minimum atomic E-state index is -0.674. The van der Waals surface area contributed by atoms with Crippen LogP contribution in [0.3, 0.4) is 0 Å². The summed E-state index contributed by atoms with van der Waals surface area (Å²) < 4.78 is 16.5. The lowest BCUT2D eigenvalue weighted by Gasteiger charge is -2.08. The van der Waals surface area contributed by atoms with Crippen LogP contribution in [0.15, 0.2) is 12.1 Å². The molecule has 0 aliphatic heterocycles. The maximum Gasteiger partial charge on any atom is 0.338 e. The van der Waals surface area contributed by atoms with Gasteiger partial charge in [-0.2, -0.15) is 0 Å². The Balaban J connectivity index is 2.94. The molecule has 0 fully saturated rings. The lowest BCUT2D eigenvalue weighted by Crippen LogP contribution is -2.10. The first-order chi connectivity index (χ1) is 7.06. The fourth-order valence-corrected chi connectivity index (χ4v) is 1.30. The number of hydrogen-bond acceptors (Lipinski definition) is 3. The van der Waals surface area contributed by atoms with Gasteiger partial charge in [-0.3, -0.25) is 0 Å². The number of aryl methyl sites for hydroxylation is 2. The number of alkyl halides is 1. The number of esters is 1. The van der Waals surface area contributed by atoms with Crippen molar-refractivity contribution in [1.29, 1.82) is 0 Å². The van der Waals surface area contributed by atoms with E-state index in [-0.39, 0.29) is 6.61 Å². The second-order valence-corrected chi connectivity index (χ2v) is 3.35. The van der Waals surface area contributed by atoms with Gasteiger partial charge in [-0.25, -0.2) is 9.18 Å². The van der Waals surface area contributed by atoms with Crippen molar-refractivity contribution in [1.82, 2.24) is 0 Å². The van der Waals surface area contributed by atoms with Gasteiger partial charge < -0.3 is 10.5 Å². The summed E-state index contributed by atoms with van der Waals surface area (Å²) in [6, 6.07) is 3.37. The molecule has 3 nitrogen and oxygen atoms in total. The molecule has 1 aromatic rings. The third-order valence-corrected chi connectivity index (χ3v) is 2.14. The lowest BCUT2D eigenvalue weighted by atomic mass is 10.0. The van der Waals surface area contributed by atoms with Gasteiger partial charge in [-0.1, -0.05) is 6.07 Å². The van der Waals surface area contributed by atoms with Gasteiger partial charge in [0.1, 0.15) is 13.3 Å². The van der Waals surface area contributed by atoms with Gasteiger partial charge in [0.25, 0.3) is 0 Å². The van der Waals surface area contributed by atoms with Crippen LogP contribution in [0.25, 0.3) is 0 Å². The smallest absolute Gasteiger partial charge is 0.338 e. The number of nitrogen functional groups attached to an aromatic ring is 1. The standard InChI is InChI=1S/C11H14FNO2/c1-7-5-8(2)10(13)6-9(7)11(14)15-4-3-12/h5-6H,3-4,13H2,1-2H3. The average Bonchev–Trinajstić information content (AvgIpc) is 2.20. The van der Waals surface area contributed by atoms with Crippen molar-refractivity contribution in [3.05, 3.63) is 28.8 Å². The number of benzene rings is 1. The first-order valence-electron chi connectivity index (χ1n) is 4.66. The van der Waals surface area contributed by atoms with E-state index in [1.807, 2.05) is 6.92 Å². The van der Waals surface area contributed by atoms with Gasteiger partial charge >= 0.3 is 5.97 Å². The van der Waals surface area contributed by atoms with Crippen LogP contribution in [-0.4, -0.2) is 19.3 Å². The molecule has 0 saturated heterocycles. The van der Waals surface area contributed by atoms with Crippen molar-refractivity contribution in [2.24, 2.45) is 0 Å². The number of halogens is 1. The molecule has 0 atom stereocenters. The van der Waals surface area contributed by atoms with E-state index in [1.165, 1.54) is 0 Å². The van der Waals surface area contributed by atoms with E-state index in [9.17, 15) is 9.18 Å². The molecule has 4 heteroatoms. The molecular weight excluding hydrogens is 197 g/mol. The number of anilines is 1. The van der Waals surface area contributed by atoms with Gasteiger partial charge in [0.15, 0.2) is 0 Å². The SMILES string of the molecule is Cc1cc(C)c(C(=O)OCCF)cc1N.